The molecule has 0 saturated heterocycles. The van der Waals surface area contributed by atoms with Gasteiger partial charge in [0.15, 0.2) is 23.0 Å². The summed E-state index contributed by atoms with van der Waals surface area (Å²) in [5, 5.41) is 4.06. The summed E-state index contributed by atoms with van der Waals surface area (Å²) in [5.74, 6) is 5.57. The summed E-state index contributed by atoms with van der Waals surface area (Å²) in [6.45, 7) is 21.2. The van der Waals surface area contributed by atoms with Crippen LogP contribution in [-0.2, 0) is 18.9 Å². The fourth-order valence-electron chi connectivity index (χ4n) is 8.44. The van der Waals surface area contributed by atoms with Crippen LogP contribution in [0.2, 0.25) is 0 Å². The van der Waals surface area contributed by atoms with Crippen LogP contribution in [0.3, 0.4) is 0 Å². The molecule has 4 unspecified atom stereocenters. The summed E-state index contributed by atoms with van der Waals surface area (Å²) in [4.78, 5) is 0. The van der Waals surface area contributed by atoms with E-state index < -0.39 is 0 Å². The summed E-state index contributed by atoms with van der Waals surface area (Å²) in [6, 6.07) is 0. The molecule has 2 aromatic rings. The average molecular weight is 1040 g/mol. The zero-order valence-electron chi connectivity index (χ0n) is 39.5. The first-order valence-corrected chi connectivity index (χ1v) is 27.9. The largest absolute Gasteiger partial charge is 0.488 e. The van der Waals surface area contributed by atoms with Crippen LogP contribution in [0.5, 0.6) is 23.0 Å². The summed E-state index contributed by atoms with van der Waals surface area (Å²) < 4.78 is 53.2. The maximum atomic E-state index is 6.55. The van der Waals surface area contributed by atoms with Crippen molar-refractivity contribution >= 4 is 54.5 Å². The second kappa shape index (κ2) is 30.6. The van der Waals surface area contributed by atoms with Gasteiger partial charge in [0, 0.05) is 37.2 Å². The van der Waals surface area contributed by atoms with Crippen molar-refractivity contribution < 1.29 is 37.9 Å². The lowest BCUT2D eigenvalue weighted by atomic mass is 9.91. The van der Waals surface area contributed by atoms with E-state index >= 15 is 0 Å². The molecule has 0 saturated carbocycles. The van der Waals surface area contributed by atoms with E-state index in [9.17, 15) is 0 Å². The zero-order valence-corrected chi connectivity index (χ0v) is 44.3. The Hall–Kier alpha value is -0.600. The number of hydrogen-bond acceptors (Lipinski definition) is 10. The molecule has 4 atom stereocenters. The molecule has 2 aliphatic heterocycles. The van der Waals surface area contributed by atoms with Gasteiger partial charge in [-0.25, -0.2) is 0 Å². The summed E-state index contributed by atoms with van der Waals surface area (Å²) in [7, 11) is 0. The molecule has 0 aliphatic carbocycles. The Morgan fingerprint density at radius 1 is 0.484 bits per heavy atom. The molecule has 8 nitrogen and oxygen atoms in total. The van der Waals surface area contributed by atoms with E-state index in [1.165, 1.54) is 89.9 Å². The first-order valence-electron chi connectivity index (χ1n) is 24.6. The maximum Gasteiger partial charge on any atom is 0.187 e. The van der Waals surface area contributed by atoms with Gasteiger partial charge in [-0.1, -0.05) is 131 Å². The van der Waals surface area contributed by atoms with Crippen molar-refractivity contribution in [2.24, 2.45) is 34.5 Å². The molecule has 4 heterocycles. The van der Waals surface area contributed by atoms with Crippen LogP contribution in [0.4, 0.5) is 0 Å². The van der Waals surface area contributed by atoms with Gasteiger partial charge in [0.2, 0.25) is 0 Å². The molecule has 0 radical (unpaired) electrons. The van der Waals surface area contributed by atoms with Crippen LogP contribution >= 0.6 is 54.5 Å². The van der Waals surface area contributed by atoms with E-state index in [1.54, 1.807) is 22.7 Å². The fourth-order valence-corrected chi connectivity index (χ4v) is 12.0. The van der Waals surface area contributed by atoms with Crippen LogP contribution in [0.15, 0.2) is 18.3 Å². The highest BCUT2D eigenvalue weighted by molar-refractivity contribution is 9.12. The van der Waals surface area contributed by atoms with Gasteiger partial charge in [-0.3, -0.25) is 0 Å². The van der Waals surface area contributed by atoms with Crippen LogP contribution in [0.25, 0.3) is 0 Å². The molecule has 12 heteroatoms. The van der Waals surface area contributed by atoms with Crippen LogP contribution in [0.1, 0.15) is 157 Å². The van der Waals surface area contributed by atoms with Crippen LogP contribution in [0, 0.1) is 34.5 Å². The van der Waals surface area contributed by atoms with Gasteiger partial charge in [-0.2, -0.15) is 0 Å². The monoisotopic (exact) mass is 1030 g/mol. The van der Waals surface area contributed by atoms with Gasteiger partial charge in [-0.05, 0) is 81.2 Å². The van der Waals surface area contributed by atoms with Gasteiger partial charge in [0.1, 0.15) is 34.0 Å². The minimum Gasteiger partial charge on any atom is -0.488 e. The summed E-state index contributed by atoms with van der Waals surface area (Å²) in [6.07, 6.45) is 22.1. The Morgan fingerprint density at radius 2 is 0.806 bits per heavy atom. The highest BCUT2D eigenvalue weighted by atomic mass is 79.9. The van der Waals surface area contributed by atoms with Crippen molar-refractivity contribution in [2.45, 2.75) is 157 Å². The fraction of sp³-hybridized carbons (Fsp3) is 0.840. The van der Waals surface area contributed by atoms with Crippen LogP contribution < -0.4 is 18.9 Å². The van der Waals surface area contributed by atoms with E-state index in [1.807, 2.05) is 10.8 Å². The molecule has 0 spiro atoms. The average Bonchev–Trinajstić information content (AvgIpc) is 3.72. The third-order valence-corrected chi connectivity index (χ3v) is 16.3. The molecule has 0 bridgehead atoms. The van der Waals surface area contributed by atoms with Crippen molar-refractivity contribution in [1.29, 1.82) is 0 Å². The quantitative estimate of drug-likeness (QED) is 0.0632. The third-order valence-electron chi connectivity index (χ3n) is 13.2. The minimum atomic E-state index is -0.365. The minimum absolute atomic E-state index is 0.312. The summed E-state index contributed by atoms with van der Waals surface area (Å²) in [5.41, 5.74) is -0.677. The molecule has 2 aliphatic rings. The lowest BCUT2D eigenvalue weighted by molar-refractivity contribution is -0.0717. The molecule has 2 aromatic heterocycles. The molecule has 62 heavy (non-hydrogen) atoms. The standard InChI is InChI=1S/C50H84Br2O8S2/c1-7-13-21-39(9-3)25-53-31-49(35-57-43-29-61-30-44(43)58-36-49)32-55-27-41(11-5)23-19-17-15-16-18-20-24-42(12-6)28-56-34-50(33-54-26-40(10-4)22-14-8-2)37-59-45-46(60-38-50)48(52)62-47(45)51/h29-30,39-42H,7-28,31-38H2,1-6H3. The van der Waals surface area contributed by atoms with Crippen LogP contribution in [-0.4, -0.2) is 79.3 Å². The highest BCUT2D eigenvalue weighted by Gasteiger charge is 2.39. The molecule has 358 valence electrons. The summed E-state index contributed by atoms with van der Waals surface area (Å²) >= 11 is 10.5. The van der Waals surface area contributed by atoms with Crippen molar-refractivity contribution in [2.75, 3.05) is 79.3 Å². The van der Waals surface area contributed by atoms with E-state index in [0.717, 1.165) is 82.7 Å². The lowest BCUT2D eigenvalue weighted by Crippen LogP contribution is -2.43. The molecule has 0 fully saturated rings. The molecular formula is C50H84Br2O8S2. The van der Waals surface area contributed by atoms with Crippen molar-refractivity contribution in [1.82, 2.24) is 0 Å². The Bertz CT molecular complexity index is 1400. The van der Waals surface area contributed by atoms with Gasteiger partial charge in [0.25, 0.3) is 0 Å². The van der Waals surface area contributed by atoms with Gasteiger partial charge in [0.05, 0.1) is 37.3 Å². The number of halogens is 2. The molecule has 4 rings (SSSR count). The number of thiophene rings is 2. The van der Waals surface area contributed by atoms with Gasteiger partial charge >= 0.3 is 0 Å². The number of fused-ring (bicyclic) bond motifs is 2. The van der Waals surface area contributed by atoms with E-state index in [0.29, 0.717) is 76.5 Å². The Balaban J connectivity index is 1.12. The smallest absolute Gasteiger partial charge is 0.187 e. The Labute approximate surface area is 402 Å². The predicted molar refractivity (Wildman–Crippen MR) is 265 cm³/mol. The first-order chi connectivity index (χ1) is 30.2. The van der Waals surface area contributed by atoms with Crippen molar-refractivity contribution in [3.63, 3.8) is 0 Å². The number of unbranched alkanes of at least 4 members (excludes halogenated alkanes) is 7. The van der Waals surface area contributed by atoms with E-state index in [4.69, 9.17) is 37.9 Å². The Kier molecular flexibility index (Phi) is 26.7. The number of hydrogen-bond donors (Lipinski definition) is 0. The lowest BCUT2D eigenvalue weighted by Gasteiger charge is -2.32. The first kappa shape index (κ1) is 54.0. The second-order valence-corrected chi connectivity index (χ2v) is 23.1. The highest BCUT2D eigenvalue weighted by Crippen LogP contribution is 2.51. The zero-order chi connectivity index (χ0) is 44.5. The number of rotatable bonds is 35. The van der Waals surface area contributed by atoms with Crippen molar-refractivity contribution in [3.05, 3.63) is 18.3 Å². The molecule has 0 amide bonds. The normalized spacial score (nSPS) is 17.6. The molecule has 0 aromatic carbocycles. The van der Waals surface area contributed by atoms with E-state index in [-0.39, 0.29) is 10.8 Å². The van der Waals surface area contributed by atoms with Gasteiger partial charge in [-0.15, -0.1) is 22.7 Å². The van der Waals surface area contributed by atoms with Gasteiger partial charge < -0.3 is 37.9 Å². The predicted octanol–water partition coefficient (Wildman–Crippen LogP) is 15.2. The topological polar surface area (TPSA) is 73.8 Å². The third kappa shape index (κ3) is 18.6. The molecule has 0 N–H and O–H groups in total. The SMILES string of the molecule is CCCCC(CC)COCC1(COCC(CC)CCCCCCCCC(CC)COCC2(COCC(CC)CCCC)COc3c(Br)sc(Br)c3OC2)COc2cscc2OC1. The maximum absolute atomic E-state index is 6.55. The number of ether oxygens (including phenoxy) is 8. The second-order valence-electron chi connectivity index (χ2n) is 18.7. The Morgan fingerprint density at radius 3 is 1.15 bits per heavy atom. The molecular weight excluding hydrogens is 952 g/mol. The van der Waals surface area contributed by atoms with E-state index in [2.05, 4.69) is 73.4 Å². The van der Waals surface area contributed by atoms with Crippen molar-refractivity contribution in [3.8, 4) is 23.0 Å².